The molecule has 3 aliphatic heterocycles. The molecular weight excluding hydrogens is 398 g/mol. The maximum atomic E-state index is 12.7. The van der Waals surface area contributed by atoms with Crippen molar-refractivity contribution in [3.05, 3.63) is 52.8 Å². The lowest BCUT2D eigenvalue weighted by Crippen LogP contribution is -3.00. The number of aromatic nitrogens is 3. The van der Waals surface area contributed by atoms with Crippen LogP contribution in [0.15, 0.2) is 46.6 Å². The Morgan fingerprint density at radius 3 is 2.58 bits per heavy atom. The van der Waals surface area contributed by atoms with Gasteiger partial charge >= 0.3 is 0 Å². The van der Waals surface area contributed by atoms with Gasteiger partial charge in [-0.25, -0.2) is 4.99 Å². The zero-order valence-corrected chi connectivity index (χ0v) is 16.5. The Morgan fingerprint density at radius 1 is 1.12 bits per heavy atom. The number of fused-ring (bicyclic) bond motifs is 2. The summed E-state index contributed by atoms with van der Waals surface area (Å²) < 4.78 is 5.29. The monoisotopic (exact) mass is 415 g/mol. The fourth-order valence-corrected chi connectivity index (χ4v) is 3.28. The van der Waals surface area contributed by atoms with Gasteiger partial charge in [0, 0.05) is 45.2 Å². The largest absolute Gasteiger partial charge is 1.00 e. The van der Waals surface area contributed by atoms with Crippen LogP contribution >= 0.6 is 0 Å². The molecule has 0 atom stereocenters. The van der Waals surface area contributed by atoms with Gasteiger partial charge in [0.1, 0.15) is 18.4 Å². The summed E-state index contributed by atoms with van der Waals surface area (Å²) in [6.07, 6.45) is 5.60. The first-order valence-corrected chi connectivity index (χ1v) is 7.90. The second-order valence-corrected chi connectivity index (χ2v) is 6.30. The van der Waals surface area contributed by atoms with Gasteiger partial charge in [-0.2, -0.15) is 4.57 Å². The van der Waals surface area contributed by atoms with Gasteiger partial charge in [0.05, 0.1) is 5.69 Å². The molecule has 0 aliphatic carbocycles. The molecule has 1 amide bonds. The highest BCUT2D eigenvalue weighted by atomic mass is 79.9. The topological polar surface area (TPSA) is 63.5 Å². The summed E-state index contributed by atoms with van der Waals surface area (Å²) in [6.45, 7) is 0. The first-order chi connectivity index (χ1) is 11.9. The van der Waals surface area contributed by atoms with E-state index in [4.69, 9.17) is 0 Å². The number of halogens is 1. The number of anilines is 1. The second-order valence-electron chi connectivity index (χ2n) is 6.30. The lowest BCUT2D eigenvalue weighted by Gasteiger charge is -2.06. The van der Waals surface area contributed by atoms with Gasteiger partial charge in [-0.1, -0.05) is 0 Å². The van der Waals surface area contributed by atoms with Crippen molar-refractivity contribution < 1.29 is 26.3 Å². The first kappa shape index (κ1) is 18.1. The van der Waals surface area contributed by atoms with Crippen LogP contribution in [0.4, 0.5) is 11.4 Å². The predicted molar refractivity (Wildman–Crippen MR) is 94.5 cm³/mol. The van der Waals surface area contributed by atoms with Crippen LogP contribution in [0.2, 0.25) is 0 Å². The van der Waals surface area contributed by atoms with Crippen molar-refractivity contribution >= 4 is 23.0 Å². The van der Waals surface area contributed by atoms with Crippen LogP contribution in [0.25, 0.3) is 11.3 Å². The summed E-state index contributed by atoms with van der Waals surface area (Å²) in [5.41, 5.74) is 3.40. The molecule has 26 heavy (non-hydrogen) atoms. The van der Waals surface area contributed by atoms with Gasteiger partial charge in [0.2, 0.25) is 5.71 Å². The molecule has 0 saturated carbocycles. The number of aryl methyl sites for hydroxylation is 2. The Labute approximate surface area is 160 Å². The van der Waals surface area contributed by atoms with Crippen LogP contribution in [-0.4, -0.2) is 27.8 Å². The standard InChI is InChI=1S/C18H18N5O2.BrH/c1-20-9-7-11-13(10-20)23(4)17(24)14(11)19-15-16-12(22(3)18(15)25)6-5-8-21(16)2;/h5-10H,1-4H3;1H/q+1;/p-1. The van der Waals surface area contributed by atoms with E-state index in [1.165, 1.54) is 0 Å². The molecule has 0 spiro atoms. The summed E-state index contributed by atoms with van der Waals surface area (Å²) in [5, 5.41) is 0. The molecule has 0 saturated heterocycles. The number of carbonyl (C=O) groups excluding carboxylic acids is 1. The predicted octanol–water partition coefficient (Wildman–Crippen LogP) is -2.25. The first-order valence-electron chi connectivity index (χ1n) is 7.90. The highest BCUT2D eigenvalue weighted by Crippen LogP contribution is 2.32. The number of hydrogen-bond donors (Lipinski definition) is 0. The van der Waals surface area contributed by atoms with Crippen molar-refractivity contribution in [2.24, 2.45) is 26.1 Å². The number of hydrogen-bond acceptors (Lipinski definition) is 3. The molecule has 8 heteroatoms. The lowest BCUT2D eigenvalue weighted by molar-refractivity contribution is -0.671. The van der Waals surface area contributed by atoms with E-state index in [0.717, 1.165) is 16.9 Å². The molecule has 0 aromatic carbocycles. The van der Waals surface area contributed by atoms with E-state index in [1.54, 1.807) is 23.6 Å². The Balaban J connectivity index is 0.00000196. The second kappa shape index (κ2) is 6.21. The number of nitrogens with zero attached hydrogens (tertiary/aromatic N) is 5. The van der Waals surface area contributed by atoms with Crippen molar-refractivity contribution in [2.45, 2.75) is 0 Å². The Bertz CT molecular complexity index is 1100. The van der Waals surface area contributed by atoms with Crippen molar-refractivity contribution in [1.29, 1.82) is 0 Å². The minimum Gasteiger partial charge on any atom is -1.00 e. The average Bonchev–Trinajstić information content (AvgIpc) is 2.97. The Kier molecular flexibility index (Phi) is 4.31. The maximum absolute atomic E-state index is 12.7. The van der Waals surface area contributed by atoms with Crippen LogP contribution in [0.5, 0.6) is 0 Å². The van der Waals surface area contributed by atoms with Gasteiger partial charge in [-0.05, 0) is 12.1 Å². The molecule has 0 fully saturated rings. The quantitative estimate of drug-likeness (QED) is 0.421. The molecule has 0 unspecified atom stereocenters. The van der Waals surface area contributed by atoms with Crippen LogP contribution in [0.1, 0.15) is 5.69 Å². The van der Waals surface area contributed by atoms with E-state index in [9.17, 15) is 9.59 Å². The van der Waals surface area contributed by atoms with Crippen LogP contribution < -0.4 is 32.0 Å². The zero-order chi connectivity index (χ0) is 17.9. The fourth-order valence-electron chi connectivity index (χ4n) is 3.28. The third kappa shape index (κ3) is 2.40. The molecule has 4 rings (SSSR count). The Morgan fingerprint density at radius 2 is 1.85 bits per heavy atom. The molecule has 4 heterocycles. The SMILES string of the molecule is CN1C(=O)C(=Nc2c3ccn(C)cc-3n(C)c2=O)c2c1ccc[n+]2C.[Br-]. The number of carbonyl (C=O) groups is 1. The molecule has 7 nitrogen and oxygen atoms in total. The van der Waals surface area contributed by atoms with E-state index in [-0.39, 0.29) is 28.4 Å². The van der Waals surface area contributed by atoms with Gasteiger partial charge in [0.15, 0.2) is 6.20 Å². The summed E-state index contributed by atoms with van der Waals surface area (Å²) >= 11 is 0. The normalized spacial score (nSPS) is 14.8. The van der Waals surface area contributed by atoms with E-state index in [1.807, 2.05) is 60.0 Å². The lowest BCUT2D eigenvalue weighted by atomic mass is 10.2. The minimum atomic E-state index is -0.213. The molecular formula is C18H18BrN5O2. The molecule has 0 radical (unpaired) electrons. The van der Waals surface area contributed by atoms with E-state index >= 15 is 0 Å². The number of likely N-dealkylation sites (N-methyl/N-ethyl adjacent to an activating group) is 1. The molecule has 1 aromatic heterocycles. The number of pyridine rings is 2. The van der Waals surface area contributed by atoms with Crippen molar-refractivity contribution in [3.8, 4) is 11.3 Å². The average molecular weight is 416 g/mol. The highest BCUT2D eigenvalue weighted by Gasteiger charge is 2.39. The van der Waals surface area contributed by atoms with E-state index < -0.39 is 0 Å². The minimum absolute atomic E-state index is 0. The third-order valence-corrected chi connectivity index (χ3v) is 4.68. The van der Waals surface area contributed by atoms with Gasteiger partial charge in [-0.3, -0.25) is 9.59 Å². The number of aliphatic imine (C=N–C) groups is 1. The Hall–Kier alpha value is -2.74. The third-order valence-electron chi connectivity index (χ3n) is 4.68. The maximum Gasteiger partial charge on any atom is 0.283 e. The van der Waals surface area contributed by atoms with Gasteiger partial charge in [-0.15, -0.1) is 0 Å². The zero-order valence-electron chi connectivity index (χ0n) is 14.9. The fraction of sp³-hybridized carbons (Fsp3) is 0.222. The van der Waals surface area contributed by atoms with Crippen molar-refractivity contribution in [1.82, 2.24) is 9.13 Å². The van der Waals surface area contributed by atoms with E-state index in [0.29, 0.717) is 17.1 Å². The highest BCUT2D eigenvalue weighted by molar-refractivity contribution is 6.53. The van der Waals surface area contributed by atoms with Crippen LogP contribution in [0, 0.1) is 0 Å². The molecule has 1 aromatic rings. The van der Waals surface area contributed by atoms with E-state index in [2.05, 4.69) is 4.99 Å². The molecule has 3 aliphatic rings. The van der Waals surface area contributed by atoms with Crippen molar-refractivity contribution in [3.63, 3.8) is 0 Å². The van der Waals surface area contributed by atoms with Crippen LogP contribution in [-0.2, 0) is 25.9 Å². The molecule has 134 valence electrons. The summed E-state index contributed by atoms with van der Waals surface area (Å²) in [7, 11) is 7.19. The molecule has 0 N–H and O–H groups in total. The van der Waals surface area contributed by atoms with Gasteiger partial charge < -0.3 is 31.0 Å². The van der Waals surface area contributed by atoms with Crippen molar-refractivity contribution in [2.75, 3.05) is 11.9 Å². The van der Waals surface area contributed by atoms with Gasteiger partial charge in [0.25, 0.3) is 17.2 Å². The molecule has 0 bridgehead atoms. The summed E-state index contributed by atoms with van der Waals surface area (Å²) in [4.78, 5) is 31.5. The number of rotatable bonds is 1. The number of amides is 1. The van der Waals surface area contributed by atoms with Crippen LogP contribution in [0.3, 0.4) is 0 Å². The summed E-state index contributed by atoms with van der Waals surface area (Å²) in [5.74, 6) is -0.213. The summed E-state index contributed by atoms with van der Waals surface area (Å²) in [6, 6.07) is 5.60. The smallest absolute Gasteiger partial charge is 0.283 e.